The zero-order valence-electron chi connectivity index (χ0n) is 10.6. The van der Waals surface area contributed by atoms with Crippen molar-refractivity contribution in [2.75, 3.05) is 19.6 Å². The summed E-state index contributed by atoms with van der Waals surface area (Å²) < 4.78 is 1.23. The van der Waals surface area contributed by atoms with Crippen molar-refractivity contribution in [2.45, 2.75) is 12.6 Å². The molecular weight excluding hydrogens is 264 g/mol. The fourth-order valence-electron chi connectivity index (χ4n) is 2.34. The fraction of sp³-hybridized carbons (Fsp3) is 0.455. The lowest BCUT2D eigenvalue weighted by Crippen LogP contribution is -2.54. The normalized spacial score (nSPS) is 20.3. The Balaban J connectivity index is 1.87. The molecule has 1 atom stereocenters. The largest absolute Gasteiger partial charge is 0.480 e. The van der Waals surface area contributed by atoms with Crippen LogP contribution in [0.25, 0.3) is 5.78 Å². The maximum absolute atomic E-state index is 11.8. The van der Waals surface area contributed by atoms with Crippen LogP contribution in [0, 0.1) is 0 Å². The first kappa shape index (κ1) is 12.8. The number of carbonyl (C=O) groups is 1. The second-order valence-corrected chi connectivity index (χ2v) is 4.64. The van der Waals surface area contributed by atoms with Gasteiger partial charge in [0.2, 0.25) is 0 Å². The number of nitrogens with zero attached hydrogens (tertiary/aromatic N) is 4. The van der Waals surface area contributed by atoms with Crippen LogP contribution >= 0.6 is 0 Å². The summed E-state index contributed by atoms with van der Waals surface area (Å²) in [6.07, 6.45) is 1.39. The van der Waals surface area contributed by atoms with Gasteiger partial charge in [-0.1, -0.05) is 0 Å². The SMILES string of the molecule is O=C(O)C1CNCCN1Cc1cc(=O)n2[nH]cnc2n1. The quantitative estimate of drug-likeness (QED) is 0.611. The maximum Gasteiger partial charge on any atom is 0.322 e. The monoisotopic (exact) mass is 278 g/mol. The summed E-state index contributed by atoms with van der Waals surface area (Å²) in [4.78, 5) is 33.0. The number of aromatic nitrogens is 4. The van der Waals surface area contributed by atoms with E-state index in [4.69, 9.17) is 0 Å². The molecule has 20 heavy (non-hydrogen) atoms. The standard InChI is InChI=1S/C11H14N6O3/c18-9-3-7(15-11-13-6-14-17(9)11)5-16-2-1-12-4-8(16)10(19)20/h3,6,8,12H,1-2,4-5H2,(H,19,20)(H,13,14,15). The Hall–Kier alpha value is -2.26. The van der Waals surface area contributed by atoms with Crippen LogP contribution < -0.4 is 10.9 Å². The van der Waals surface area contributed by atoms with Crippen molar-refractivity contribution >= 4 is 11.7 Å². The molecule has 0 spiro atoms. The van der Waals surface area contributed by atoms with Crippen LogP contribution in [0.5, 0.6) is 0 Å². The number of rotatable bonds is 3. The van der Waals surface area contributed by atoms with E-state index in [1.807, 2.05) is 0 Å². The number of nitrogens with one attached hydrogen (secondary N) is 2. The lowest BCUT2D eigenvalue weighted by atomic mass is 10.2. The second-order valence-electron chi connectivity index (χ2n) is 4.64. The first-order valence-corrected chi connectivity index (χ1v) is 6.25. The van der Waals surface area contributed by atoms with Crippen LogP contribution in [0.3, 0.4) is 0 Å². The average Bonchev–Trinajstić information content (AvgIpc) is 2.88. The van der Waals surface area contributed by atoms with Crippen molar-refractivity contribution in [3.8, 4) is 0 Å². The highest BCUT2D eigenvalue weighted by Gasteiger charge is 2.28. The number of piperazine rings is 1. The summed E-state index contributed by atoms with van der Waals surface area (Å²) >= 11 is 0. The molecular formula is C11H14N6O3. The molecule has 9 nitrogen and oxygen atoms in total. The summed E-state index contributed by atoms with van der Waals surface area (Å²) in [7, 11) is 0. The van der Waals surface area contributed by atoms with Crippen LogP contribution in [0.4, 0.5) is 0 Å². The van der Waals surface area contributed by atoms with E-state index >= 15 is 0 Å². The minimum absolute atomic E-state index is 0.260. The first-order valence-electron chi connectivity index (χ1n) is 6.25. The molecule has 0 saturated carbocycles. The third-order valence-electron chi connectivity index (χ3n) is 3.33. The fourth-order valence-corrected chi connectivity index (χ4v) is 2.34. The molecule has 106 valence electrons. The maximum atomic E-state index is 11.8. The lowest BCUT2D eigenvalue weighted by molar-refractivity contribution is -0.144. The van der Waals surface area contributed by atoms with E-state index in [1.54, 1.807) is 4.90 Å². The lowest BCUT2D eigenvalue weighted by Gasteiger charge is -2.32. The molecule has 1 aliphatic rings. The van der Waals surface area contributed by atoms with Crippen LogP contribution in [0.1, 0.15) is 5.69 Å². The molecule has 9 heteroatoms. The van der Waals surface area contributed by atoms with Gasteiger partial charge in [0, 0.05) is 32.2 Å². The van der Waals surface area contributed by atoms with E-state index in [-0.39, 0.29) is 11.3 Å². The van der Waals surface area contributed by atoms with Gasteiger partial charge in [0.05, 0.1) is 5.69 Å². The number of carboxylic acid groups (broad SMARTS) is 1. The van der Waals surface area contributed by atoms with E-state index in [0.717, 1.165) is 0 Å². The number of hydrogen-bond donors (Lipinski definition) is 3. The van der Waals surface area contributed by atoms with Gasteiger partial charge in [0.15, 0.2) is 0 Å². The van der Waals surface area contributed by atoms with Gasteiger partial charge in [0.1, 0.15) is 12.4 Å². The van der Waals surface area contributed by atoms with Crippen LogP contribution in [0.15, 0.2) is 17.2 Å². The number of fused-ring (bicyclic) bond motifs is 1. The van der Waals surface area contributed by atoms with Gasteiger partial charge in [-0.2, -0.15) is 4.52 Å². The molecule has 1 aliphatic heterocycles. The highest BCUT2D eigenvalue weighted by Crippen LogP contribution is 2.08. The van der Waals surface area contributed by atoms with E-state index < -0.39 is 12.0 Å². The molecule has 0 radical (unpaired) electrons. The van der Waals surface area contributed by atoms with Crippen molar-refractivity contribution in [3.63, 3.8) is 0 Å². The Morgan fingerprint density at radius 3 is 3.20 bits per heavy atom. The number of carboxylic acids is 1. The number of H-pyrrole nitrogens is 1. The summed E-state index contributed by atoms with van der Waals surface area (Å²) in [6, 6.07) is 0.787. The smallest absolute Gasteiger partial charge is 0.322 e. The topological polar surface area (TPSA) is 116 Å². The van der Waals surface area contributed by atoms with Gasteiger partial charge >= 0.3 is 5.97 Å². The molecule has 0 aromatic carbocycles. The van der Waals surface area contributed by atoms with Crippen molar-refractivity contribution in [1.82, 2.24) is 29.8 Å². The Morgan fingerprint density at radius 2 is 2.40 bits per heavy atom. The minimum Gasteiger partial charge on any atom is -0.480 e. The number of hydrogen-bond acceptors (Lipinski definition) is 6. The predicted molar refractivity (Wildman–Crippen MR) is 68.3 cm³/mol. The van der Waals surface area contributed by atoms with E-state index in [1.165, 1.54) is 16.9 Å². The summed E-state index contributed by atoms with van der Waals surface area (Å²) in [5.74, 6) is -0.593. The molecule has 2 aromatic heterocycles. The van der Waals surface area contributed by atoms with Gasteiger partial charge in [0.25, 0.3) is 11.3 Å². The molecule has 3 N–H and O–H groups in total. The zero-order valence-corrected chi connectivity index (χ0v) is 10.6. The molecule has 1 saturated heterocycles. The van der Waals surface area contributed by atoms with Gasteiger partial charge in [-0.15, -0.1) is 0 Å². The summed E-state index contributed by atoms with van der Waals surface area (Å²) in [6.45, 7) is 2.02. The van der Waals surface area contributed by atoms with Crippen molar-refractivity contribution in [2.24, 2.45) is 0 Å². The molecule has 1 fully saturated rings. The molecule has 3 heterocycles. The minimum atomic E-state index is -0.880. The summed E-state index contributed by atoms with van der Waals surface area (Å²) in [5, 5.41) is 14.9. The third kappa shape index (κ3) is 2.28. The summed E-state index contributed by atoms with van der Waals surface area (Å²) in [5.41, 5.74) is 0.264. The molecule has 0 aliphatic carbocycles. The number of aliphatic carboxylic acids is 1. The zero-order chi connectivity index (χ0) is 14.1. The Morgan fingerprint density at radius 1 is 1.55 bits per heavy atom. The van der Waals surface area contributed by atoms with E-state index in [2.05, 4.69) is 20.4 Å². The van der Waals surface area contributed by atoms with Crippen LogP contribution in [-0.2, 0) is 11.3 Å². The predicted octanol–water partition coefficient (Wildman–Crippen LogP) is -1.72. The molecule has 0 amide bonds. The van der Waals surface area contributed by atoms with Crippen molar-refractivity contribution < 1.29 is 9.90 Å². The van der Waals surface area contributed by atoms with Gasteiger partial charge in [-0.25, -0.2) is 9.97 Å². The highest BCUT2D eigenvalue weighted by atomic mass is 16.4. The highest BCUT2D eigenvalue weighted by molar-refractivity contribution is 5.74. The molecule has 1 unspecified atom stereocenters. The Bertz CT molecular complexity index is 693. The van der Waals surface area contributed by atoms with E-state index in [9.17, 15) is 14.7 Å². The molecule has 3 rings (SSSR count). The van der Waals surface area contributed by atoms with E-state index in [0.29, 0.717) is 31.9 Å². The Kier molecular flexibility index (Phi) is 3.20. The molecule has 0 bridgehead atoms. The second kappa shape index (κ2) is 5.02. The van der Waals surface area contributed by atoms with Crippen LogP contribution in [0.2, 0.25) is 0 Å². The van der Waals surface area contributed by atoms with Gasteiger partial charge in [-0.05, 0) is 0 Å². The average molecular weight is 278 g/mol. The Labute approximate surface area is 113 Å². The third-order valence-corrected chi connectivity index (χ3v) is 3.33. The van der Waals surface area contributed by atoms with Crippen molar-refractivity contribution in [1.29, 1.82) is 0 Å². The molecule has 2 aromatic rings. The van der Waals surface area contributed by atoms with Gasteiger partial charge < -0.3 is 10.4 Å². The van der Waals surface area contributed by atoms with Crippen LogP contribution in [-0.4, -0.2) is 61.2 Å². The number of aromatic amines is 1. The first-order chi connectivity index (χ1) is 9.65. The van der Waals surface area contributed by atoms with Gasteiger partial charge in [-0.3, -0.25) is 19.6 Å². The van der Waals surface area contributed by atoms with Crippen molar-refractivity contribution in [3.05, 3.63) is 28.4 Å².